The minimum absolute atomic E-state index is 0. The van der Waals surface area contributed by atoms with Gasteiger partial charge >= 0.3 is 0 Å². The van der Waals surface area contributed by atoms with Gasteiger partial charge in [0.1, 0.15) is 5.69 Å². The number of halogens is 1. The molecule has 0 saturated heterocycles. The van der Waals surface area contributed by atoms with Gasteiger partial charge < -0.3 is 23.6 Å². The first-order chi connectivity index (χ1) is 4.20. The molecule has 5 N–H and O–H groups in total. The first-order valence-electron chi connectivity index (χ1n) is 3.09. The van der Waals surface area contributed by atoms with Crippen LogP contribution in [0, 0.1) is 13.8 Å². The second-order valence-electron chi connectivity index (χ2n) is 2.43. The lowest BCUT2D eigenvalue weighted by Gasteiger charge is -1.94. The Balaban J connectivity index is 0. The molecule has 0 unspecified atom stereocenters. The van der Waals surface area contributed by atoms with E-state index in [4.69, 9.17) is 0 Å². The van der Waals surface area contributed by atoms with Crippen molar-refractivity contribution in [1.82, 2.24) is 0 Å². The summed E-state index contributed by atoms with van der Waals surface area (Å²) in [6.45, 7) is 4.15. The highest BCUT2D eigenvalue weighted by molar-refractivity contribution is 5.40. The molecule has 3 heteroatoms. The predicted octanol–water partition coefficient (Wildman–Crippen LogP) is -2.64. The largest absolute Gasteiger partial charge is 1.00 e. The number of hydrogen-bond donors (Lipinski definition) is 1. The van der Waals surface area contributed by atoms with Crippen molar-refractivity contribution in [3.63, 3.8) is 0 Å². The standard InChI is InChI=1S/C8H11N.ClH.H2O/c1-6-3-4-7(2)8(9)5-6;;/h3-5H,9H2,1-2H3;1H;1H2. The molecule has 0 saturated carbocycles. The maximum atomic E-state index is 3.88. The molecule has 1 aromatic carbocycles. The van der Waals surface area contributed by atoms with Crippen LogP contribution in [0.2, 0.25) is 0 Å². The van der Waals surface area contributed by atoms with E-state index in [0.717, 1.165) is 5.69 Å². The Morgan fingerprint density at radius 1 is 1.18 bits per heavy atom. The van der Waals surface area contributed by atoms with Crippen molar-refractivity contribution in [2.75, 3.05) is 0 Å². The molecule has 0 aliphatic rings. The van der Waals surface area contributed by atoms with Crippen molar-refractivity contribution in [2.24, 2.45) is 0 Å². The van der Waals surface area contributed by atoms with Gasteiger partial charge in [-0.2, -0.15) is 0 Å². The van der Waals surface area contributed by atoms with Crippen LogP contribution in [0.3, 0.4) is 0 Å². The fourth-order valence-electron chi connectivity index (χ4n) is 0.800. The van der Waals surface area contributed by atoms with Gasteiger partial charge in [0.05, 0.1) is 0 Å². The van der Waals surface area contributed by atoms with Gasteiger partial charge in [-0.15, -0.1) is 0 Å². The lowest BCUT2D eigenvalue weighted by atomic mass is 10.1. The van der Waals surface area contributed by atoms with Crippen molar-refractivity contribution in [1.29, 1.82) is 0 Å². The SMILES string of the molecule is Cc1ccc(C)c([NH3+])c1.O.[Cl-]. The summed E-state index contributed by atoms with van der Waals surface area (Å²) in [5.41, 5.74) is 7.56. The molecule has 0 atom stereocenters. The highest BCUT2D eigenvalue weighted by Crippen LogP contribution is 2.09. The van der Waals surface area contributed by atoms with Crippen LogP contribution in [-0.4, -0.2) is 5.48 Å². The van der Waals surface area contributed by atoms with Crippen LogP contribution in [0.5, 0.6) is 0 Å². The van der Waals surface area contributed by atoms with Gasteiger partial charge in [-0.05, 0) is 19.4 Å². The number of rotatable bonds is 0. The van der Waals surface area contributed by atoms with Crippen molar-refractivity contribution < 1.29 is 23.6 Å². The van der Waals surface area contributed by atoms with E-state index < -0.39 is 0 Å². The highest BCUT2D eigenvalue weighted by atomic mass is 35.5. The average molecular weight is 176 g/mol. The molecule has 1 aromatic rings. The zero-order valence-electron chi connectivity index (χ0n) is 6.82. The Morgan fingerprint density at radius 3 is 2.09 bits per heavy atom. The van der Waals surface area contributed by atoms with Gasteiger partial charge in [-0.1, -0.05) is 12.1 Å². The molecule has 0 heterocycles. The van der Waals surface area contributed by atoms with Crippen molar-refractivity contribution in [3.05, 3.63) is 29.3 Å². The van der Waals surface area contributed by atoms with Gasteiger partial charge in [0.15, 0.2) is 0 Å². The van der Waals surface area contributed by atoms with E-state index in [1.54, 1.807) is 0 Å². The van der Waals surface area contributed by atoms with E-state index in [9.17, 15) is 0 Å². The van der Waals surface area contributed by atoms with E-state index >= 15 is 0 Å². The second kappa shape index (κ2) is 5.13. The summed E-state index contributed by atoms with van der Waals surface area (Å²) in [6.07, 6.45) is 0. The van der Waals surface area contributed by atoms with Crippen LogP contribution >= 0.6 is 0 Å². The van der Waals surface area contributed by atoms with Crippen molar-refractivity contribution in [3.8, 4) is 0 Å². The summed E-state index contributed by atoms with van der Waals surface area (Å²) >= 11 is 0. The van der Waals surface area contributed by atoms with Crippen LogP contribution in [0.15, 0.2) is 18.2 Å². The molecule has 64 valence electrons. The smallest absolute Gasteiger partial charge is 0.131 e. The first-order valence-corrected chi connectivity index (χ1v) is 3.09. The lowest BCUT2D eigenvalue weighted by Crippen LogP contribution is -3.00. The van der Waals surface area contributed by atoms with Crippen LogP contribution in [-0.2, 0) is 0 Å². The molecular formula is C8H14ClNO. The van der Waals surface area contributed by atoms with Crippen LogP contribution < -0.4 is 18.1 Å². The van der Waals surface area contributed by atoms with Crippen molar-refractivity contribution in [2.45, 2.75) is 13.8 Å². The zero-order chi connectivity index (χ0) is 6.85. The molecule has 0 bridgehead atoms. The van der Waals surface area contributed by atoms with Gasteiger partial charge in [0, 0.05) is 11.6 Å². The molecule has 0 aromatic heterocycles. The normalized spacial score (nSPS) is 7.91. The molecule has 0 amide bonds. The van der Waals surface area contributed by atoms with Gasteiger partial charge in [0.25, 0.3) is 0 Å². The summed E-state index contributed by atoms with van der Waals surface area (Å²) in [7, 11) is 0. The summed E-state index contributed by atoms with van der Waals surface area (Å²) in [5.74, 6) is 0. The Kier molecular flexibility index (Phi) is 6.09. The van der Waals surface area contributed by atoms with E-state index in [0.29, 0.717) is 0 Å². The number of quaternary nitrogens is 1. The first kappa shape index (κ1) is 13.1. The van der Waals surface area contributed by atoms with Crippen LogP contribution in [0.25, 0.3) is 0 Å². The molecule has 11 heavy (non-hydrogen) atoms. The summed E-state index contributed by atoms with van der Waals surface area (Å²) in [5, 5.41) is 0. The maximum Gasteiger partial charge on any atom is 0.131 e. The monoisotopic (exact) mass is 175 g/mol. The minimum Gasteiger partial charge on any atom is -1.00 e. The third-order valence-electron chi connectivity index (χ3n) is 1.50. The number of benzene rings is 1. The maximum absolute atomic E-state index is 3.88. The summed E-state index contributed by atoms with van der Waals surface area (Å²) in [6, 6.07) is 6.29. The predicted molar refractivity (Wildman–Crippen MR) is 42.1 cm³/mol. The molecule has 0 spiro atoms. The number of aryl methyl sites for hydroxylation is 2. The molecule has 0 aliphatic heterocycles. The van der Waals surface area contributed by atoms with Gasteiger partial charge in [-0.3, -0.25) is 0 Å². The molecule has 0 fully saturated rings. The average Bonchev–Trinajstić information content (AvgIpc) is 1.80. The number of hydrogen-bond acceptors (Lipinski definition) is 0. The zero-order valence-corrected chi connectivity index (χ0v) is 7.57. The second-order valence-corrected chi connectivity index (χ2v) is 2.43. The Hall–Kier alpha value is -0.570. The molecular weight excluding hydrogens is 162 g/mol. The Labute approximate surface area is 73.1 Å². The van der Waals surface area contributed by atoms with Crippen LogP contribution in [0.4, 0.5) is 5.69 Å². The molecule has 0 radical (unpaired) electrons. The fourth-order valence-corrected chi connectivity index (χ4v) is 0.800. The Bertz CT molecular complexity index is 225. The third-order valence-corrected chi connectivity index (χ3v) is 1.50. The van der Waals surface area contributed by atoms with Crippen molar-refractivity contribution >= 4 is 5.69 Å². The van der Waals surface area contributed by atoms with Gasteiger partial charge in [-0.25, -0.2) is 0 Å². The quantitative estimate of drug-likeness (QED) is 0.448. The molecule has 2 nitrogen and oxygen atoms in total. The molecule has 1 rings (SSSR count). The summed E-state index contributed by atoms with van der Waals surface area (Å²) in [4.78, 5) is 0. The lowest BCUT2D eigenvalue weighted by molar-refractivity contribution is -0.255. The molecule has 0 aliphatic carbocycles. The van der Waals surface area contributed by atoms with E-state index in [1.165, 1.54) is 11.1 Å². The van der Waals surface area contributed by atoms with Crippen LogP contribution in [0.1, 0.15) is 11.1 Å². The van der Waals surface area contributed by atoms with E-state index in [1.807, 2.05) is 0 Å². The van der Waals surface area contributed by atoms with Gasteiger partial charge in [0.2, 0.25) is 0 Å². The fraction of sp³-hybridized carbons (Fsp3) is 0.250. The topological polar surface area (TPSA) is 59.1 Å². The Morgan fingerprint density at radius 2 is 1.73 bits per heavy atom. The van der Waals surface area contributed by atoms with E-state index in [-0.39, 0.29) is 17.9 Å². The highest BCUT2D eigenvalue weighted by Gasteiger charge is 1.93. The minimum atomic E-state index is 0. The van der Waals surface area contributed by atoms with E-state index in [2.05, 4.69) is 37.8 Å². The third kappa shape index (κ3) is 3.37. The summed E-state index contributed by atoms with van der Waals surface area (Å²) < 4.78 is 0.